The number of nitrogens with zero attached hydrogens (tertiary/aromatic N) is 1. The SMILES string of the molecule is Nc1c(NC(=O)Nc2ccc(Cl)cc2C(F)(F)F)cc(C(F)(F)F)cc1[N+](=O)[O-]. The molecule has 0 aliphatic rings. The Morgan fingerprint density at radius 1 is 1.00 bits per heavy atom. The van der Waals surface area contributed by atoms with Gasteiger partial charge in [0.1, 0.15) is 5.69 Å². The summed E-state index contributed by atoms with van der Waals surface area (Å²) in [5, 5.41) is 14.2. The van der Waals surface area contributed by atoms with E-state index in [1.165, 1.54) is 0 Å². The Morgan fingerprint density at radius 3 is 2.10 bits per heavy atom. The van der Waals surface area contributed by atoms with E-state index < -0.39 is 57.2 Å². The summed E-state index contributed by atoms with van der Waals surface area (Å²) in [6.07, 6.45) is -9.91. The van der Waals surface area contributed by atoms with Gasteiger partial charge >= 0.3 is 18.4 Å². The number of carbonyl (C=O) groups excluding carboxylic acids is 1. The Balaban J connectivity index is 2.39. The number of alkyl halides is 6. The molecule has 0 unspecified atom stereocenters. The quantitative estimate of drug-likeness (QED) is 0.252. The Bertz CT molecular complexity index is 978. The lowest BCUT2D eigenvalue weighted by Crippen LogP contribution is -2.23. The zero-order valence-corrected chi connectivity index (χ0v) is 14.5. The van der Waals surface area contributed by atoms with E-state index in [1.807, 2.05) is 0 Å². The summed E-state index contributed by atoms with van der Waals surface area (Å²) < 4.78 is 77.9. The molecule has 2 aromatic rings. The van der Waals surface area contributed by atoms with Gasteiger partial charge in [0, 0.05) is 11.1 Å². The number of nitrogen functional groups attached to an aromatic ring is 1. The lowest BCUT2D eigenvalue weighted by atomic mass is 10.1. The Kier molecular flexibility index (Phi) is 5.83. The first kappa shape index (κ1) is 22.1. The maximum atomic E-state index is 13.0. The second-order valence-electron chi connectivity index (χ2n) is 5.48. The second-order valence-corrected chi connectivity index (χ2v) is 5.91. The van der Waals surface area contributed by atoms with Crippen molar-refractivity contribution < 1.29 is 36.1 Å². The first-order valence-electron chi connectivity index (χ1n) is 7.30. The van der Waals surface area contributed by atoms with Gasteiger partial charge in [-0.05, 0) is 24.3 Å². The Labute approximate surface area is 162 Å². The molecule has 0 bridgehead atoms. The van der Waals surface area contributed by atoms with Gasteiger partial charge in [0.05, 0.1) is 27.4 Å². The number of halogens is 7. The molecule has 0 saturated heterocycles. The molecule has 7 nitrogen and oxygen atoms in total. The van der Waals surface area contributed by atoms with Gasteiger partial charge in [-0.3, -0.25) is 10.1 Å². The fourth-order valence-electron chi connectivity index (χ4n) is 2.19. The molecular formula is C15H9ClF6N4O3. The van der Waals surface area contributed by atoms with Crippen LogP contribution in [0.2, 0.25) is 5.02 Å². The summed E-state index contributed by atoms with van der Waals surface area (Å²) in [4.78, 5) is 21.7. The van der Waals surface area contributed by atoms with Crippen LogP contribution in [0.15, 0.2) is 30.3 Å². The van der Waals surface area contributed by atoms with Crippen LogP contribution in [0.5, 0.6) is 0 Å². The van der Waals surface area contributed by atoms with E-state index in [0.29, 0.717) is 12.1 Å². The number of carbonyl (C=O) groups is 1. The summed E-state index contributed by atoms with van der Waals surface area (Å²) in [5.74, 6) is 0. The largest absolute Gasteiger partial charge is 0.418 e. The Hall–Kier alpha value is -3.22. The van der Waals surface area contributed by atoms with Gasteiger partial charge in [0.2, 0.25) is 0 Å². The van der Waals surface area contributed by atoms with E-state index in [0.717, 1.165) is 12.1 Å². The van der Waals surface area contributed by atoms with Crippen molar-refractivity contribution in [3.05, 3.63) is 56.6 Å². The molecule has 0 atom stereocenters. The zero-order chi connectivity index (χ0) is 22.1. The van der Waals surface area contributed by atoms with Gasteiger partial charge in [0.15, 0.2) is 0 Å². The van der Waals surface area contributed by atoms with Crippen LogP contribution in [0, 0.1) is 10.1 Å². The fourth-order valence-corrected chi connectivity index (χ4v) is 2.36. The molecule has 0 radical (unpaired) electrons. The minimum absolute atomic E-state index is 0.166. The van der Waals surface area contributed by atoms with E-state index in [-0.39, 0.29) is 11.1 Å². The highest BCUT2D eigenvalue weighted by atomic mass is 35.5. The molecular weight excluding hydrogens is 434 g/mol. The molecule has 2 aromatic carbocycles. The number of nitro groups is 1. The predicted octanol–water partition coefficient (Wildman–Crippen LogP) is 5.51. The predicted molar refractivity (Wildman–Crippen MR) is 91.6 cm³/mol. The van der Waals surface area contributed by atoms with Crippen LogP contribution >= 0.6 is 11.6 Å². The molecule has 29 heavy (non-hydrogen) atoms. The molecule has 0 heterocycles. The van der Waals surface area contributed by atoms with Gasteiger partial charge in [-0.25, -0.2) is 4.79 Å². The van der Waals surface area contributed by atoms with E-state index in [2.05, 4.69) is 0 Å². The van der Waals surface area contributed by atoms with Crippen LogP contribution in [-0.2, 0) is 12.4 Å². The lowest BCUT2D eigenvalue weighted by Gasteiger charge is -2.16. The third-order valence-corrected chi connectivity index (χ3v) is 3.70. The second kappa shape index (κ2) is 7.66. The number of hydrogen-bond donors (Lipinski definition) is 3. The van der Waals surface area contributed by atoms with Crippen LogP contribution in [0.3, 0.4) is 0 Å². The fraction of sp³-hybridized carbons (Fsp3) is 0.133. The average molecular weight is 443 g/mol. The van der Waals surface area contributed by atoms with Gasteiger partial charge in [-0.2, -0.15) is 26.3 Å². The summed E-state index contributed by atoms with van der Waals surface area (Å²) in [6, 6.07) is 1.45. The van der Waals surface area contributed by atoms with Gasteiger partial charge in [0.25, 0.3) is 5.69 Å². The van der Waals surface area contributed by atoms with Crippen molar-refractivity contribution in [3.8, 4) is 0 Å². The number of hydrogen-bond acceptors (Lipinski definition) is 4. The molecule has 0 saturated carbocycles. The molecule has 2 amide bonds. The standard InChI is InChI=1S/C15H9ClF6N4O3/c16-7-1-2-9(8(5-7)15(20,21)22)24-13(27)25-10-3-6(14(17,18)19)4-11(12(10)23)26(28)29/h1-5H,23H2,(H2,24,25,27). The van der Waals surface area contributed by atoms with Crippen LogP contribution in [-0.4, -0.2) is 11.0 Å². The van der Waals surface area contributed by atoms with Crippen molar-refractivity contribution >= 4 is 40.4 Å². The van der Waals surface area contributed by atoms with E-state index in [1.54, 1.807) is 10.6 Å². The topological polar surface area (TPSA) is 110 Å². The maximum absolute atomic E-state index is 13.0. The van der Waals surface area contributed by atoms with E-state index in [9.17, 15) is 41.3 Å². The summed E-state index contributed by atoms with van der Waals surface area (Å²) >= 11 is 5.50. The minimum Gasteiger partial charge on any atom is -0.391 e. The first-order chi connectivity index (χ1) is 13.2. The van der Waals surface area contributed by atoms with Crippen LogP contribution < -0.4 is 16.4 Å². The van der Waals surface area contributed by atoms with E-state index >= 15 is 0 Å². The average Bonchev–Trinajstić information content (AvgIpc) is 2.56. The highest BCUT2D eigenvalue weighted by Crippen LogP contribution is 2.39. The highest BCUT2D eigenvalue weighted by molar-refractivity contribution is 6.30. The minimum atomic E-state index is -5.01. The van der Waals surface area contributed by atoms with Crippen molar-refractivity contribution in [1.82, 2.24) is 0 Å². The number of anilines is 3. The molecule has 4 N–H and O–H groups in total. The van der Waals surface area contributed by atoms with Gasteiger partial charge in [-0.1, -0.05) is 11.6 Å². The van der Waals surface area contributed by atoms with Crippen molar-refractivity contribution in [1.29, 1.82) is 0 Å². The first-order valence-corrected chi connectivity index (χ1v) is 7.68. The third kappa shape index (κ3) is 5.19. The molecule has 14 heteroatoms. The normalized spacial score (nSPS) is 11.8. The summed E-state index contributed by atoms with van der Waals surface area (Å²) in [6.45, 7) is 0. The molecule has 0 aromatic heterocycles. The van der Waals surface area contributed by atoms with Crippen LogP contribution in [0.4, 0.5) is 53.9 Å². The number of amides is 2. The summed E-state index contributed by atoms with van der Waals surface area (Å²) in [7, 11) is 0. The number of nitro benzene ring substituents is 1. The van der Waals surface area contributed by atoms with Crippen molar-refractivity contribution in [2.75, 3.05) is 16.4 Å². The molecule has 2 rings (SSSR count). The zero-order valence-electron chi connectivity index (χ0n) is 13.8. The lowest BCUT2D eigenvalue weighted by molar-refractivity contribution is -0.384. The van der Waals surface area contributed by atoms with Crippen LogP contribution in [0.1, 0.15) is 11.1 Å². The molecule has 0 aliphatic carbocycles. The number of benzene rings is 2. The number of urea groups is 1. The molecule has 0 spiro atoms. The van der Waals surface area contributed by atoms with E-state index in [4.69, 9.17) is 17.3 Å². The molecule has 0 aliphatic heterocycles. The maximum Gasteiger partial charge on any atom is 0.418 e. The van der Waals surface area contributed by atoms with Crippen molar-refractivity contribution in [2.45, 2.75) is 12.4 Å². The number of nitrogens with two attached hydrogens (primary N) is 1. The monoisotopic (exact) mass is 442 g/mol. The molecule has 156 valence electrons. The number of nitrogens with one attached hydrogen (secondary N) is 2. The van der Waals surface area contributed by atoms with Crippen molar-refractivity contribution in [3.63, 3.8) is 0 Å². The van der Waals surface area contributed by atoms with Gasteiger partial charge in [-0.15, -0.1) is 0 Å². The Morgan fingerprint density at radius 2 is 1.59 bits per heavy atom. The highest BCUT2D eigenvalue weighted by Gasteiger charge is 2.36. The number of rotatable bonds is 3. The van der Waals surface area contributed by atoms with Crippen molar-refractivity contribution in [2.24, 2.45) is 0 Å². The molecule has 0 fully saturated rings. The summed E-state index contributed by atoms with van der Waals surface area (Å²) in [5.41, 5.74) is -0.918. The van der Waals surface area contributed by atoms with Crippen LogP contribution in [0.25, 0.3) is 0 Å². The smallest absolute Gasteiger partial charge is 0.391 e. The van der Waals surface area contributed by atoms with Gasteiger partial charge < -0.3 is 16.4 Å². The third-order valence-electron chi connectivity index (χ3n) is 3.47.